The van der Waals surface area contributed by atoms with E-state index in [1.165, 1.54) is 5.56 Å². The third-order valence-electron chi connectivity index (χ3n) is 3.55. The summed E-state index contributed by atoms with van der Waals surface area (Å²) >= 11 is 11.9. The van der Waals surface area contributed by atoms with Gasteiger partial charge in [0.25, 0.3) is 0 Å². The van der Waals surface area contributed by atoms with Gasteiger partial charge in [-0.05, 0) is 36.1 Å². The molecule has 96 valence electrons. The van der Waals surface area contributed by atoms with Crippen molar-refractivity contribution in [2.75, 3.05) is 0 Å². The number of rotatable bonds is 3. The lowest BCUT2D eigenvalue weighted by Gasteiger charge is -2.04. The standard InChI is InChI=1S/C16H12Cl2O/c17-11-6-7-12(15(18)8-11)16(19)14-9-13(14)10-4-2-1-3-5-10/h1-8,13-14H,9H2. The second-order valence-electron chi connectivity index (χ2n) is 4.85. The molecule has 0 bridgehead atoms. The quantitative estimate of drug-likeness (QED) is 0.729. The van der Waals surface area contributed by atoms with E-state index in [2.05, 4.69) is 12.1 Å². The average molecular weight is 291 g/mol. The maximum atomic E-state index is 12.4. The van der Waals surface area contributed by atoms with Gasteiger partial charge in [0.2, 0.25) is 0 Å². The van der Waals surface area contributed by atoms with Crippen molar-refractivity contribution in [1.82, 2.24) is 0 Å². The molecule has 1 nitrogen and oxygen atoms in total. The fourth-order valence-corrected chi connectivity index (χ4v) is 2.94. The minimum absolute atomic E-state index is 0.0566. The van der Waals surface area contributed by atoms with Crippen LogP contribution >= 0.6 is 23.2 Å². The van der Waals surface area contributed by atoms with Crippen molar-refractivity contribution in [3.8, 4) is 0 Å². The molecule has 0 heterocycles. The second kappa shape index (κ2) is 4.99. The van der Waals surface area contributed by atoms with Gasteiger partial charge in [0, 0.05) is 16.5 Å². The summed E-state index contributed by atoms with van der Waals surface area (Å²) in [5.74, 6) is 0.511. The number of hydrogen-bond donors (Lipinski definition) is 0. The van der Waals surface area contributed by atoms with Gasteiger partial charge >= 0.3 is 0 Å². The van der Waals surface area contributed by atoms with E-state index < -0.39 is 0 Å². The number of Topliss-reactive ketones (excluding diaryl/α,β-unsaturated/α-hetero) is 1. The van der Waals surface area contributed by atoms with Gasteiger partial charge in [-0.1, -0.05) is 53.5 Å². The molecule has 0 saturated heterocycles. The Morgan fingerprint density at radius 3 is 2.47 bits per heavy atom. The SMILES string of the molecule is O=C(c1ccc(Cl)cc1Cl)C1CC1c1ccccc1. The predicted molar refractivity (Wildman–Crippen MR) is 78.1 cm³/mol. The first-order chi connectivity index (χ1) is 9.16. The lowest BCUT2D eigenvalue weighted by atomic mass is 10.0. The van der Waals surface area contributed by atoms with Crippen LogP contribution in [0.1, 0.15) is 28.3 Å². The van der Waals surface area contributed by atoms with Gasteiger partial charge in [-0.25, -0.2) is 0 Å². The number of hydrogen-bond acceptors (Lipinski definition) is 1. The Bertz CT molecular complexity index is 622. The zero-order valence-electron chi connectivity index (χ0n) is 10.1. The van der Waals surface area contributed by atoms with Gasteiger partial charge in [0.05, 0.1) is 5.02 Å². The van der Waals surface area contributed by atoms with Crippen LogP contribution in [0.15, 0.2) is 48.5 Å². The number of ketones is 1. The highest BCUT2D eigenvalue weighted by Crippen LogP contribution is 2.49. The van der Waals surface area contributed by atoms with Crippen molar-refractivity contribution in [2.45, 2.75) is 12.3 Å². The summed E-state index contributed by atoms with van der Waals surface area (Å²) in [6.07, 6.45) is 0.905. The molecule has 2 atom stereocenters. The number of carbonyl (C=O) groups excluding carboxylic acids is 1. The molecule has 0 radical (unpaired) electrons. The number of carbonyl (C=O) groups is 1. The smallest absolute Gasteiger partial charge is 0.168 e. The molecule has 0 amide bonds. The first kappa shape index (κ1) is 12.7. The lowest BCUT2D eigenvalue weighted by molar-refractivity contribution is 0.0965. The molecule has 0 aliphatic heterocycles. The molecule has 3 heteroatoms. The number of halogens is 2. The average Bonchev–Trinajstić information content (AvgIpc) is 3.19. The Morgan fingerprint density at radius 1 is 1.05 bits per heavy atom. The van der Waals surface area contributed by atoms with E-state index in [0.717, 1.165) is 6.42 Å². The third kappa shape index (κ3) is 2.54. The normalized spacial score (nSPS) is 21.2. The van der Waals surface area contributed by atoms with Gasteiger partial charge in [-0.3, -0.25) is 4.79 Å². The molecular formula is C16H12Cl2O. The third-order valence-corrected chi connectivity index (χ3v) is 4.10. The molecule has 3 rings (SSSR count). The summed E-state index contributed by atoms with van der Waals surface area (Å²) in [4.78, 5) is 12.4. The summed E-state index contributed by atoms with van der Waals surface area (Å²) in [6, 6.07) is 15.2. The number of benzene rings is 2. The van der Waals surface area contributed by atoms with E-state index in [0.29, 0.717) is 21.5 Å². The maximum absolute atomic E-state index is 12.4. The van der Waals surface area contributed by atoms with Crippen LogP contribution in [0.2, 0.25) is 10.0 Å². The summed E-state index contributed by atoms with van der Waals surface area (Å²) in [7, 11) is 0. The van der Waals surface area contributed by atoms with Gasteiger partial charge in [0.1, 0.15) is 0 Å². The monoisotopic (exact) mass is 290 g/mol. The van der Waals surface area contributed by atoms with Crippen LogP contribution in [0.3, 0.4) is 0 Å². The van der Waals surface area contributed by atoms with E-state index in [9.17, 15) is 4.79 Å². The molecule has 1 aliphatic rings. The van der Waals surface area contributed by atoms with Gasteiger partial charge < -0.3 is 0 Å². The second-order valence-corrected chi connectivity index (χ2v) is 5.69. The van der Waals surface area contributed by atoms with Gasteiger partial charge in [0.15, 0.2) is 5.78 Å². The van der Waals surface area contributed by atoms with Crippen LogP contribution in [0.4, 0.5) is 0 Å². The largest absolute Gasteiger partial charge is 0.294 e. The first-order valence-corrected chi connectivity index (χ1v) is 6.96. The van der Waals surface area contributed by atoms with Crippen LogP contribution in [0.5, 0.6) is 0 Å². The van der Waals surface area contributed by atoms with Crippen LogP contribution in [-0.2, 0) is 0 Å². The summed E-state index contributed by atoms with van der Waals surface area (Å²) in [5.41, 5.74) is 1.81. The molecule has 2 unspecified atom stereocenters. The Morgan fingerprint density at radius 2 is 1.79 bits per heavy atom. The van der Waals surface area contributed by atoms with Crippen LogP contribution in [0, 0.1) is 5.92 Å². The Labute approximate surface area is 122 Å². The van der Waals surface area contributed by atoms with Crippen molar-refractivity contribution in [2.24, 2.45) is 5.92 Å². The van der Waals surface area contributed by atoms with E-state index in [-0.39, 0.29) is 11.7 Å². The highest BCUT2D eigenvalue weighted by atomic mass is 35.5. The first-order valence-electron chi connectivity index (χ1n) is 6.21. The Hall–Kier alpha value is -1.31. The molecule has 1 aliphatic carbocycles. The highest BCUT2D eigenvalue weighted by Gasteiger charge is 2.44. The van der Waals surface area contributed by atoms with E-state index in [4.69, 9.17) is 23.2 Å². The molecule has 0 N–H and O–H groups in total. The van der Waals surface area contributed by atoms with Crippen molar-refractivity contribution >= 4 is 29.0 Å². The minimum atomic E-state index is 0.0566. The molecule has 0 aromatic heterocycles. The predicted octanol–water partition coefficient (Wildman–Crippen LogP) is 4.98. The Balaban J connectivity index is 1.80. The van der Waals surface area contributed by atoms with E-state index in [1.807, 2.05) is 18.2 Å². The van der Waals surface area contributed by atoms with Crippen molar-refractivity contribution in [3.63, 3.8) is 0 Å². The van der Waals surface area contributed by atoms with Crippen molar-refractivity contribution in [3.05, 3.63) is 69.7 Å². The topological polar surface area (TPSA) is 17.1 Å². The summed E-state index contributed by atoms with van der Waals surface area (Å²) in [5, 5.41) is 0.994. The van der Waals surface area contributed by atoms with Gasteiger partial charge in [-0.15, -0.1) is 0 Å². The molecular weight excluding hydrogens is 279 g/mol. The van der Waals surface area contributed by atoms with Crippen molar-refractivity contribution in [1.29, 1.82) is 0 Å². The molecule has 2 aromatic carbocycles. The van der Waals surface area contributed by atoms with Crippen LogP contribution < -0.4 is 0 Å². The fourth-order valence-electron chi connectivity index (χ4n) is 2.44. The molecule has 2 aromatic rings. The zero-order valence-corrected chi connectivity index (χ0v) is 11.7. The highest BCUT2D eigenvalue weighted by molar-refractivity contribution is 6.37. The van der Waals surface area contributed by atoms with Crippen LogP contribution in [0.25, 0.3) is 0 Å². The molecule has 19 heavy (non-hydrogen) atoms. The summed E-state index contributed by atoms with van der Waals surface area (Å²) < 4.78 is 0. The van der Waals surface area contributed by atoms with E-state index >= 15 is 0 Å². The molecule has 0 spiro atoms. The minimum Gasteiger partial charge on any atom is -0.294 e. The van der Waals surface area contributed by atoms with Crippen LogP contribution in [-0.4, -0.2) is 5.78 Å². The van der Waals surface area contributed by atoms with E-state index in [1.54, 1.807) is 18.2 Å². The Kier molecular flexibility index (Phi) is 3.34. The molecule has 1 saturated carbocycles. The summed E-state index contributed by atoms with van der Waals surface area (Å²) in [6.45, 7) is 0. The maximum Gasteiger partial charge on any atom is 0.168 e. The fraction of sp³-hybridized carbons (Fsp3) is 0.188. The lowest BCUT2D eigenvalue weighted by Crippen LogP contribution is -2.04. The molecule has 1 fully saturated rings. The van der Waals surface area contributed by atoms with Crippen molar-refractivity contribution < 1.29 is 4.79 Å². The zero-order chi connectivity index (χ0) is 13.4. The van der Waals surface area contributed by atoms with Gasteiger partial charge in [-0.2, -0.15) is 0 Å².